The van der Waals surface area contributed by atoms with E-state index in [1.54, 1.807) is 6.07 Å². The number of pyridine rings is 2. The van der Waals surface area contributed by atoms with Crippen LogP contribution in [-0.4, -0.2) is 20.9 Å². The molecule has 0 saturated heterocycles. The Kier molecular flexibility index (Phi) is 11.7. The molecule has 0 bridgehead atoms. The zero-order valence-corrected chi connectivity index (χ0v) is 32.0. The molecule has 0 spiro atoms. The van der Waals surface area contributed by atoms with E-state index in [2.05, 4.69) is 26.0 Å². The van der Waals surface area contributed by atoms with Crippen LogP contribution in [0.5, 0.6) is 11.6 Å². The fourth-order valence-electron chi connectivity index (χ4n) is 7.00. The van der Waals surface area contributed by atoms with E-state index in [0.29, 0.717) is 22.9 Å². The number of fused-ring (bicyclic) bond motifs is 7. The molecular formula is C43H44FIrN2O3-. The van der Waals surface area contributed by atoms with Gasteiger partial charge in [-0.3, -0.25) is 14.8 Å². The molecule has 0 saturated carbocycles. The average Bonchev–Trinajstić information content (AvgIpc) is 3.09. The van der Waals surface area contributed by atoms with Gasteiger partial charge in [-0.15, -0.1) is 12.1 Å². The van der Waals surface area contributed by atoms with E-state index in [-0.39, 0.29) is 49.3 Å². The third-order valence-electron chi connectivity index (χ3n) is 9.72. The van der Waals surface area contributed by atoms with Crippen molar-refractivity contribution in [1.29, 1.82) is 0 Å². The molecule has 7 heteroatoms. The predicted molar refractivity (Wildman–Crippen MR) is 199 cm³/mol. The van der Waals surface area contributed by atoms with Crippen molar-refractivity contribution in [3.05, 3.63) is 96.1 Å². The number of aliphatic hydroxyl groups is 1. The number of aromatic nitrogens is 2. The van der Waals surface area contributed by atoms with Crippen LogP contribution >= 0.6 is 0 Å². The Morgan fingerprint density at radius 3 is 2.26 bits per heavy atom. The van der Waals surface area contributed by atoms with Crippen LogP contribution in [-0.2, 0) is 31.3 Å². The molecule has 1 N–H and O–H groups in total. The summed E-state index contributed by atoms with van der Waals surface area (Å²) in [4.78, 5) is 21.2. The molecule has 5 nitrogen and oxygen atoms in total. The van der Waals surface area contributed by atoms with Crippen LogP contribution in [0.3, 0.4) is 0 Å². The SMILES string of the molecule is CC(C)Cc1cc(F)c2ccc3c4ccnc5c4c(cc3c2c1)Oc1nc2ccccc2[c-]c1-5.CCC(CC)C(=O)/C=C(\O)C(CC)CC.[Ir]. The van der Waals surface area contributed by atoms with E-state index in [0.717, 1.165) is 86.8 Å². The van der Waals surface area contributed by atoms with Gasteiger partial charge in [-0.2, -0.15) is 0 Å². The minimum absolute atomic E-state index is 0. The van der Waals surface area contributed by atoms with Gasteiger partial charge in [0.25, 0.3) is 0 Å². The number of hydrogen-bond donors (Lipinski definition) is 1. The number of carbonyl (C=O) groups excluding carboxylic acids is 1. The summed E-state index contributed by atoms with van der Waals surface area (Å²) in [6.45, 7) is 12.4. The average molecular weight is 848 g/mol. The minimum atomic E-state index is -0.187. The summed E-state index contributed by atoms with van der Waals surface area (Å²) in [5.74, 6) is 1.99. The molecule has 50 heavy (non-hydrogen) atoms. The van der Waals surface area contributed by atoms with Crippen LogP contribution in [0.1, 0.15) is 72.8 Å². The van der Waals surface area contributed by atoms with Crippen LogP contribution in [0, 0.1) is 29.6 Å². The number of hydrogen-bond acceptors (Lipinski definition) is 5. The number of nitrogens with zero attached hydrogens (tertiary/aromatic N) is 2. The molecule has 0 unspecified atom stereocenters. The summed E-state index contributed by atoms with van der Waals surface area (Å²) in [5.41, 5.74) is 3.41. The first-order valence-electron chi connectivity index (χ1n) is 17.6. The maximum Gasteiger partial charge on any atom is 0.162 e. The monoisotopic (exact) mass is 848 g/mol. The maximum atomic E-state index is 15.1. The van der Waals surface area contributed by atoms with Gasteiger partial charge in [0.2, 0.25) is 0 Å². The molecule has 7 rings (SSSR count). The van der Waals surface area contributed by atoms with E-state index in [1.165, 1.54) is 6.08 Å². The van der Waals surface area contributed by atoms with Crippen LogP contribution in [0.15, 0.2) is 78.7 Å². The van der Waals surface area contributed by atoms with Crippen molar-refractivity contribution < 1.29 is 39.1 Å². The van der Waals surface area contributed by atoms with Crippen molar-refractivity contribution in [2.24, 2.45) is 17.8 Å². The van der Waals surface area contributed by atoms with Gasteiger partial charge in [-0.25, -0.2) is 4.39 Å². The summed E-state index contributed by atoms with van der Waals surface area (Å²) in [7, 11) is 0. The maximum absolute atomic E-state index is 15.1. The molecule has 0 aliphatic carbocycles. The fourth-order valence-corrected chi connectivity index (χ4v) is 7.00. The summed E-state index contributed by atoms with van der Waals surface area (Å²) in [6, 6.07) is 23.0. The third kappa shape index (κ3) is 7.17. The number of rotatable bonds is 9. The number of allylic oxidation sites excluding steroid dienone is 2. The summed E-state index contributed by atoms with van der Waals surface area (Å²) in [5, 5.41) is 16.2. The predicted octanol–water partition coefficient (Wildman–Crippen LogP) is 11.9. The Hall–Kier alpha value is -4.19. The van der Waals surface area contributed by atoms with Crippen molar-refractivity contribution in [3.8, 4) is 22.9 Å². The van der Waals surface area contributed by atoms with Crippen molar-refractivity contribution in [2.75, 3.05) is 0 Å². The Morgan fingerprint density at radius 2 is 1.56 bits per heavy atom. The Morgan fingerprint density at radius 1 is 0.880 bits per heavy atom. The largest absolute Gasteiger partial charge is 0.512 e. The van der Waals surface area contributed by atoms with Gasteiger partial charge in [-0.05, 0) is 94.4 Å². The molecule has 6 aromatic rings. The second-order valence-electron chi connectivity index (χ2n) is 13.4. The summed E-state index contributed by atoms with van der Waals surface area (Å²) < 4.78 is 21.5. The number of benzene rings is 4. The Bertz CT molecular complexity index is 2220. The molecule has 3 heterocycles. The molecule has 0 fully saturated rings. The minimum Gasteiger partial charge on any atom is -0.512 e. The molecule has 261 valence electrons. The topological polar surface area (TPSA) is 72.3 Å². The van der Waals surface area contributed by atoms with E-state index < -0.39 is 0 Å². The number of ketones is 1. The number of para-hydroxylation sites is 1. The zero-order valence-electron chi connectivity index (χ0n) is 29.6. The van der Waals surface area contributed by atoms with Gasteiger partial charge in [-0.1, -0.05) is 83.3 Å². The van der Waals surface area contributed by atoms with Crippen molar-refractivity contribution in [3.63, 3.8) is 0 Å². The normalized spacial score (nSPS) is 12.3. The Balaban J connectivity index is 0.000000261. The number of aliphatic hydroxyl groups excluding tert-OH is 1. The van der Waals surface area contributed by atoms with Gasteiger partial charge < -0.3 is 9.84 Å². The van der Waals surface area contributed by atoms with E-state index in [9.17, 15) is 9.90 Å². The van der Waals surface area contributed by atoms with Gasteiger partial charge in [0.05, 0.1) is 5.76 Å². The van der Waals surface area contributed by atoms with Crippen LogP contribution in [0.4, 0.5) is 4.39 Å². The molecule has 0 atom stereocenters. The van der Waals surface area contributed by atoms with Crippen LogP contribution in [0.2, 0.25) is 0 Å². The van der Waals surface area contributed by atoms with Crippen LogP contribution < -0.4 is 4.74 Å². The van der Waals surface area contributed by atoms with E-state index in [1.807, 2.05) is 82.4 Å². The first-order valence-corrected chi connectivity index (χ1v) is 17.6. The first kappa shape index (κ1) is 37.1. The quantitative estimate of drug-likeness (QED) is 0.0678. The molecule has 4 aromatic carbocycles. The second kappa shape index (κ2) is 15.8. The summed E-state index contributed by atoms with van der Waals surface area (Å²) >= 11 is 0. The van der Waals surface area contributed by atoms with E-state index >= 15 is 4.39 Å². The third-order valence-corrected chi connectivity index (χ3v) is 9.72. The zero-order chi connectivity index (χ0) is 34.8. The molecule has 0 amide bonds. The standard InChI is InChI=1S/C30H20FN2O.C13H24O2.Ir/c1-16(2)11-17-12-22-20(25(31)13-17)8-7-19-21-9-10-32-29-24-14-18-5-3-4-6-26(18)33-30(24)34-27(28(21)29)15-23(19)22;1-5-10(6-2)12(14)9-13(15)11(7-3)8-4;/h3-10,12-13,15-16H,11H2,1-2H3;9-11,14H,5-8H2,1-4H3;/q-1;;/b;12-9-;. The molecule has 1 aliphatic heterocycles. The smallest absolute Gasteiger partial charge is 0.162 e. The molecule has 1 aliphatic rings. The van der Waals surface area contributed by atoms with Gasteiger partial charge in [0, 0.05) is 60.7 Å². The van der Waals surface area contributed by atoms with Crippen molar-refractivity contribution in [1.82, 2.24) is 9.97 Å². The number of halogens is 1. The first-order chi connectivity index (χ1) is 23.7. The van der Waals surface area contributed by atoms with Crippen molar-refractivity contribution >= 4 is 49.0 Å². The van der Waals surface area contributed by atoms with Gasteiger partial charge in [0.1, 0.15) is 11.6 Å². The summed E-state index contributed by atoms with van der Waals surface area (Å²) in [6.07, 6.45) is 7.55. The van der Waals surface area contributed by atoms with Crippen molar-refractivity contribution in [2.45, 2.75) is 73.6 Å². The van der Waals surface area contributed by atoms with Gasteiger partial charge >= 0.3 is 0 Å². The molecular weight excluding hydrogens is 804 g/mol. The fraction of sp³-hybridized carbons (Fsp3) is 0.326. The van der Waals surface area contributed by atoms with E-state index in [4.69, 9.17) is 14.7 Å². The molecule has 1 radical (unpaired) electrons. The Labute approximate surface area is 307 Å². The van der Waals surface area contributed by atoms with Gasteiger partial charge in [0.15, 0.2) is 11.7 Å². The number of carbonyl (C=O) groups is 1. The molecule has 2 aromatic heterocycles. The second-order valence-corrected chi connectivity index (χ2v) is 13.4. The number of ether oxygens (including phenoxy) is 1. The van der Waals surface area contributed by atoms with Crippen LogP contribution in [0.25, 0.3) is 54.5 Å².